The van der Waals surface area contributed by atoms with E-state index in [1.54, 1.807) is 36.4 Å². The number of hydrogen-bond acceptors (Lipinski definition) is 4. The molecule has 3 rings (SSSR count). The van der Waals surface area contributed by atoms with E-state index in [4.69, 9.17) is 4.74 Å². The SMILES string of the molecule is O=C(CCSc1ccc(F)cc1)Nc1ccccc1C(=O)NCC1CCCO1. The number of amides is 2. The zero-order valence-electron chi connectivity index (χ0n) is 15.4. The van der Waals surface area contributed by atoms with Gasteiger partial charge < -0.3 is 15.4 Å². The van der Waals surface area contributed by atoms with E-state index in [1.165, 1.54) is 23.9 Å². The molecule has 0 spiro atoms. The van der Waals surface area contributed by atoms with Crippen LogP contribution < -0.4 is 10.6 Å². The van der Waals surface area contributed by atoms with Crippen LogP contribution in [0.5, 0.6) is 0 Å². The number of carbonyl (C=O) groups excluding carboxylic acids is 2. The molecule has 1 unspecified atom stereocenters. The molecular weight excluding hydrogens is 379 g/mol. The van der Waals surface area contributed by atoms with Crippen molar-refractivity contribution in [1.82, 2.24) is 5.32 Å². The van der Waals surface area contributed by atoms with Crippen LogP contribution >= 0.6 is 11.8 Å². The fourth-order valence-corrected chi connectivity index (χ4v) is 3.75. The van der Waals surface area contributed by atoms with Gasteiger partial charge in [-0.2, -0.15) is 0 Å². The Kier molecular flexibility index (Phi) is 7.45. The molecular formula is C21H23FN2O3S. The van der Waals surface area contributed by atoms with Crippen LogP contribution in [0.1, 0.15) is 29.6 Å². The summed E-state index contributed by atoms with van der Waals surface area (Å²) in [5.41, 5.74) is 0.921. The minimum absolute atomic E-state index is 0.0641. The van der Waals surface area contributed by atoms with Gasteiger partial charge in [-0.05, 0) is 49.2 Å². The maximum atomic E-state index is 12.9. The molecule has 5 nitrogen and oxygen atoms in total. The van der Waals surface area contributed by atoms with Crippen LogP contribution in [0, 0.1) is 5.82 Å². The Morgan fingerprint density at radius 1 is 1.14 bits per heavy atom. The summed E-state index contributed by atoms with van der Waals surface area (Å²) in [5, 5.41) is 5.68. The van der Waals surface area contributed by atoms with E-state index in [2.05, 4.69) is 10.6 Å². The summed E-state index contributed by atoms with van der Waals surface area (Å²) in [6.07, 6.45) is 2.32. The third kappa shape index (κ3) is 6.07. The van der Waals surface area contributed by atoms with Crippen LogP contribution in [0.25, 0.3) is 0 Å². The van der Waals surface area contributed by atoms with Gasteiger partial charge in [-0.3, -0.25) is 9.59 Å². The molecule has 2 N–H and O–H groups in total. The molecule has 0 bridgehead atoms. The van der Waals surface area contributed by atoms with Gasteiger partial charge in [0.15, 0.2) is 0 Å². The number of halogens is 1. The van der Waals surface area contributed by atoms with E-state index in [0.717, 1.165) is 24.3 Å². The number of hydrogen-bond donors (Lipinski definition) is 2. The highest BCUT2D eigenvalue weighted by Gasteiger charge is 2.18. The molecule has 0 aromatic heterocycles. The second-order valence-electron chi connectivity index (χ2n) is 6.49. The Morgan fingerprint density at radius 3 is 2.68 bits per heavy atom. The normalized spacial score (nSPS) is 16.0. The quantitative estimate of drug-likeness (QED) is 0.658. The van der Waals surface area contributed by atoms with E-state index < -0.39 is 0 Å². The largest absolute Gasteiger partial charge is 0.376 e. The van der Waals surface area contributed by atoms with Gasteiger partial charge in [0.1, 0.15) is 5.82 Å². The summed E-state index contributed by atoms with van der Waals surface area (Å²) in [4.78, 5) is 25.6. The number of benzene rings is 2. The first-order valence-electron chi connectivity index (χ1n) is 9.29. The Hall–Kier alpha value is -2.38. The Balaban J connectivity index is 1.49. The summed E-state index contributed by atoms with van der Waals surface area (Å²) >= 11 is 1.48. The molecule has 0 saturated carbocycles. The maximum Gasteiger partial charge on any atom is 0.253 e. The maximum absolute atomic E-state index is 12.9. The fraction of sp³-hybridized carbons (Fsp3) is 0.333. The number of nitrogens with one attached hydrogen (secondary N) is 2. The van der Waals surface area contributed by atoms with Crippen LogP contribution in [-0.4, -0.2) is 36.8 Å². The lowest BCUT2D eigenvalue weighted by atomic mass is 10.1. The van der Waals surface area contributed by atoms with Crippen molar-refractivity contribution >= 4 is 29.3 Å². The number of thioether (sulfide) groups is 1. The Morgan fingerprint density at radius 2 is 1.93 bits per heavy atom. The lowest BCUT2D eigenvalue weighted by Gasteiger charge is -2.13. The van der Waals surface area contributed by atoms with Gasteiger partial charge in [0.2, 0.25) is 5.91 Å². The highest BCUT2D eigenvalue weighted by Crippen LogP contribution is 2.20. The van der Waals surface area contributed by atoms with Crippen molar-refractivity contribution < 1.29 is 18.7 Å². The zero-order chi connectivity index (χ0) is 19.8. The highest BCUT2D eigenvalue weighted by atomic mass is 32.2. The number of ether oxygens (including phenoxy) is 1. The fourth-order valence-electron chi connectivity index (χ4n) is 2.90. The van der Waals surface area contributed by atoms with Crippen LogP contribution in [0.2, 0.25) is 0 Å². The van der Waals surface area contributed by atoms with Crippen LogP contribution in [0.4, 0.5) is 10.1 Å². The van der Waals surface area contributed by atoms with Crippen LogP contribution in [0.15, 0.2) is 53.4 Å². The minimum atomic E-state index is -0.281. The Bertz CT molecular complexity index is 808. The van der Waals surface area contributed by atoms with Gasteiger partial charge in [-0.15, -0.1) is 11.8 Å². The van der Waals surface area contributed by atoms with Crippen molar-refractivity contribution in [3.8, 4) is 0 Å². The standard InChI is InChI=1S/C21H23FN2O3S/c22-15-7-9-17(10-8-15)28-13-11-20(25)24-19-6-2-1-5-18(19)21(26)23-14-16-4-3-12-27-16/h1-2,5-10,16H,3-4,11-14H2,(H,23,26)(H,24,25). The van der Waals surface area contributed by atoms with Crippen molar-refractivity contribution in [1.29, 1.82) is 0 Å². The van der Waals surface area contributed by atoms with Crippen LogP contribution in [0.3, 0.4) is 0 Å². The summed E-state index contributed by atoms with van der Waals surface area (Å²) in [6, 6.07) is 13.1. The topological polar surface area (TPSA) is 67.4 Å². The molecule has 1 fully saturated rings. The number of rotatable bonds is 8. The van der Waals surface area contributed by atoms with Gasteiger partial charge in [0.25, 0.3) is 5.91 Å². The highest BCUT2D eigenvalue weighted by molar-refractivity contribution is 7.99. The first kappa shape index (κ1) is 20.4. The molecule has 2 amide bonds. The molecule has 1 heterocycles. The monoisotopic (exact) mass is 402 g/mol. The molecule has 148 valence electrons. The predicted octanol–water partition coefficient (Wildman–Crippen LogP) is 3.86. The zero-order valence-corrected chi connectivity index (χ0v) is 16.3. The van der Waals surface area contributed by atoms with E-state index >= 15 is 0 Å². The van der Waals surface area contributed by atoms with E-state index in [-0.39, 0.29) is 30.2 Å². The molecule has 0 radical (unpaired) electrons. The summed E-state index contributed by atoms with van der Waals surface area (Å²) in [5.74, 6) is -0.122. The lowest BCUT2D eigenvalue weighted by Crippen LogP contribution is -2.32. The van der Waals surface area contributed by atoms with Gasteiger partial charge in [-0.1, -0.05) is 12.1 Å². The molecule has 28 heavy (non-hydrogen) atoms. The molecule has 2 aromatic rings. The van der Waals surface area contributed by atoms with Crippen molar-refractivity contribution in [3.63, 3.8) is 0 Å². The first-order valence-corrected chi connectivity index (χ1v) is 10.3. The molecule has 0 aliphatic carbocycles. The van der Waals surface area contributed by atoms with E-state index in [1.807, 2.05) is 0 Å². The first-order chi connectivity index (χ1) is 13.6. The van der Waals surface area contributed by atoms with E-state index in [9.17, 15) is 14.0 Å². The van der Waals surface area contributed by atoms with Crippen LogP contribution in [-0.2, 0) is 9.53 Å². The second-order valence-corrected chi connectivity index (χ2v) is 7.66. The van der Waals surface area contributed by atoms with Crippen molar-refractivity contribution in [2.75, 3.05) is 24.2 Å². The van der Waals surface area contributed by atoms with Gasteiger partial charge in [-0.25, -0.2) is 4.39 Å². The molecule has 1 aliphatic heterocycles. The minimum Gasteiger partial charge on any atom is -0.376 e. The molecule has 1 aliphatic rings. The third-order valence-electron chi connectivity index (χ3n) is 4.37. The summed E-state index contributed by atoms with van der Waals surface area (Å²) < 4.78 is 18.4. The molecule has 1 atom stereocenters. The van der Waals surface area contributed by atoms with E-state index in [0.29, 0.717) is 23.5 Å². The second kappa shape index (κ2) is 10.2. The average molecular weight is 402 g/mol. The van der Waals surface area contributed by atoms with Gasteiger partial charge >= 0.3 is 0 Å². The van der Waals surface area contributed by atoms with Gasteiger partial charge in [0, 0.05) is 30.2 Å². The summed E-state index contributed by atoms with van der Waals surface area (Å²) in [6.45, 7) is 1.21. The molecule has 7 heteroatoms. The summed E-state index contributed by atoms with van der Waals surface area (Å²) in [7, 11) is 0. The van der Waals surface area contributed by atoms with Crippen molar-refractivity contribution in [2.45, 2.75) is 30.3 Å². The lowest BCUT2D eigenvalue weighted by molar-refractivity contribution is -0.115. The number of carbonyl (C=O) groups is 2. The number of anilines is 1. The Labute approximate surface area is 168 Å². The molecule has 2 aromatic carbocycles. The van der Waals surface area contributed by atoms with Crippen molar-refractivity contribution in [2.24, 2.45) is 0 Å². The van der Waals surface area contributed by atoms with Crippen molar-refractivity contribution in [3.05, 3.63) is 59.9 Å². The van der Waals surface area contributed by atoms with Gasteiger partial charge in [0.05, 0.1) is 17.4 Å². The predicted molar refractivity (Wildman–Crippen MR) is 108 cm³/mol. The third-order valence-corrected chi connectivity index (χ3v) is 5.39. The molecule has 1 saturated heterocycles. The number of para-hydroxylation sites is 1. The smallest absolute Gasteiger partial charge is 0.253 e. The average Bonchev–Trinajstić information content (AvgIpc) is 3.22.